The van der Waals surface area contributed by atoms with Crippen molar-refractivity contribution in [2.75, 3.05) is 13.1 Å². The first-order valence-corrected chi connectivity index (χ1v) is 9.65. The van der Waals surface area contributed by atoms with E-state index in [1.807, 2.05) is 18.7 Å². The minimum Gasteiger partial charge on any atom is -0.481 e. The fourth-order valence-electron chi connectivity index (χ4n) is 3.88. The number of halogens is 1. The Hall–Kier alpha value is -2.70. The molecule has 1 saturated heterocycles. The first-order chi connectivity index (χ1) is 13.3. The van der Waals surface area contributed by atoms with Crippen molar-refractivity contribution in [3.8, 4) is 5.69 Å². The molecule has 1 atom stereocenters. The molecule has 1 N–H and O–H groups in total. The number of carbonyl (C=O) groups excluding carboxylic acids is 1. The average molecular weight is 387 g/mol. The van der Waals surface area contributed by atoms with E-state index in [9.17, 15) is 14.0 Å². The number of aryl methyl sites for hydroxylation is 1. The molecule has 0 bridgehead atoms. The summed E-state index contributed by atoms with van der Waals surface area (Å²) in [4.78, 5) is 25.5. The van der Waals surface area contributed by atoms with E-state index in [4.69, 9.17) is 5.11 Å². The minimum absolute atomic E-state index is 0.0462. The summed E-state index contributed by atoms with van der Waals surface area (Å²) < 4.78 is 14.9. The Morgan fingerprint density at radius 1 is 1.25 bits per heavy atom. The number of nitrogens with zero attached hydrogens (tertiary/aromatic N) is 3. The zero-order valence-electron chi connectivity index (χ0n) is 16.3. The van der Waals surface area contributed by atoms with E-state index in [1.165, 1.54) is 12.1 Å². The van der Waals surface area contributed by atoms with Crippen LogP contribution in [0.1, 0.15) is 42.6 Å². The van der Waals surface area contributed by atoms with E-state index in [2.05, 4.69) is 5.10 Å². The molecule has 3 rings (SSSR count). The van der Waals surface area contributed by atoms with Crippen LogP contribution in [-0.4, -0.2) is 44.8 Å². The summed E-state index contributed by atoms with van der Waals surface area (Å²) in [6.45, 7) is 5.13. The van der Waals surface area contributed by atoms with Crippen LogP contribution in [0.2, 0.25) is 0 Å². The summed E-state index contributed by atoms with van der Waals surface area (Å²) >= 11 is 0. The largest absolute Gasteiger partial charge is 0.481 e. The maximum Gasteiger partial charge on any atom is 0.303 e. The molecule has 1 fully saturated rings. The summed E-state index contributed by atoms with van der Waals surface area (Å²) in [5.74, 6) is -0.797. The number of piperidine rings is 1. The lowest BCUT2D eigenvalue weighted by molar-refractivity contribution is -0.137. The summed E-state index contributed by atoms with van der Waals surface area (Å²) in [5, 5.41) is 13.4. The Labute approximate surface area is 164 Å². The maximum atomic E-state index is 13.2. The van der Waals surface area contributed by atoms with Crippen molar-refractivity contribution < 1.29 is 19.1 Å². The molecule has 150 valence electrons. The number of hydrogen-bond acceptors (Lipinski definition) is 3. The molecule has 0 radical (unpaired) electrons. The summed E-state index contributed by atoms with van der Waals surface area (Å²) in [5.41, 5.74) is 3.31. The maximum absolute atomic E-state index is 13.2. The molecule has 0 unspecified atom stereocenters. The molecular formula is C21H26FN3O3. The summed E-state index contributed by atoms with van der Waals surface area (Å²) in [7, 11) is 0. The van der Waals surface area contributed by atoms with E-state index in [0.29, 0.717) is 19.5 Å². The second kappa shape index (κ2) is 8.54. The van der Waals surface area contributed by atoms with Gasteiger partial charge in [0.2, 0.25) is 5.91 Å². The number of aliphatic carboxylic acids is 1. The molecule has 1 aliphatic rings. The second-order valence-corrected chi connectivity index (χ2v) is 7.49. The molecule has 1 aliphatic heterocycles. The highest BCUT2D eigenvalue weighted by Crippen LogP contribution is 2.24. The smallest absolute Gasteiger partial charge is 0.303 e. The van der Waals surface area contributed by atoms with Gasteiger partial charge in [-0.15, -0.1) is 0 Å². The van der Waals surface area contributed by atoms with Crippen LogP contribution < -0.4 is 0 Å². The van der Waals surface area contributed by atoms with E-state index in [-0.39, 0.29) is 30.5 Å². The fourth-order valence-corrected chi connectivity index (χ4v) is 3.88. The van der Waals surface area contributed by atoms with Gasteiger partial charge in [-0.25, -0.2) is 9.07 Å². The normalized spacial score (nSPS) is 17.0. The molecule has 2 aromatic rings. The molecular weight excluding hydrogens is 361 g/mol. The van der Waals surface area contributed by atoms with Gasteiger partial charge in [-0.1, -0.05) is 0 Å². The first-order valence-electron chi connectivity index (χ1n) is 9.65. The standard InChI is InChI=1S/C21H26FN3O3/c1-14-19(15(2)25(23-14)18-8-6-17(22)7-9-18)12-20(26)24-11-3-4-16(13-24)5-10-21(27)28/h6-9,16H,3-5,10-13H2,1-2H3,(H,27,28)/t16-/m1/s1. The van der Waals surface area contributed by atoms with Gasteiger partial charge in [0.15, 0.2) is 0 Å². The Morgan fingerprint density at radius 2 is 1.96 bits per heavy atom. The lowest BCUT2D eigenvalue weighted by Gasteiger charge is -2.32. The van der Waals surface area contributed by atoms with Crippen LogP contribution in [-0.2, 0) is 16.0 Å². The third kappa shape index (κ3) is 4.58. The number of hydrogen-bond donors (Lipinski definition) is 1. The Bertz CT molecular complexity index is 861. The quantitative estimate of drug-likeness (QED) is 0.825. The van der Waals surface area contributed by atoms with E-state index in [0.717, 1.165) is 35.5 Å². The van der Waals surface area contributed by atoms with Gasteiger partial charge in [-0.2, -0.15) is 5.10 Å². The van der Waals surface area contributed by atoms with Crippen LogP contribution in [0, 0.1) is 25.6 Å². The summed E-state index contributed by atoms with van der Waals surface area (Å²) in [6, 6.07) is 6.11. The molecule has 6 nitrogen and oxygen atoms in total. The van der Waals surface area contributed by atoms with Gasteiger partial charge >= 0.3 is 5.97 Å². The van der Waals surface area contributed by atoms with Crippen molar-refractivity contribution in [1.82, 2.24) is 14.7 Å². The molecule has 28 heavy (non-hydrogen) atoms. The zero-order chi connectivity index (χ0) is 20.3. The average Bonchev–Trinajstić information content (AvgIpc) is 2.95. The van der Waals surface area contributed by atoms with Gasteiger partial charge < -0.3 is 10.0 Å². The number of carboxylic acid groups (broad SMARTS) is 1. The first kappa shape index (κ1) is 20.0. The van der Waals surface area contributed by atoms with Crippen LogP contribution in [0.15, 0.2) is 24.3 Å². The topological polar surface area (TPSA) is 75.4 Å². The minimum atomic E-state index is -0.789. The molecule has 2 heterocycles. The predicted octanol–water partition coefficient (Wildman–Crippen LogP) is 3.27. The van der Waals surface area contributed by atoms with Crippen molar-refractivity contribution in [3.05, 3.63) is 47.0 Å². The van der Waals surface area contributed by atoms with Gasteiger partial charge in [0.05, 0.1) is 17.8 Å². The van der Waals surface area contributed by atoms with E-state index >= 15 is 0 Å². The Morgan fingerprint density at radius 3 is 2.64 bits per heavy atom. The molecule has 0 aliphatic carbocycles. The molecule has 0 spiro atoms. The molecule has 1 amide bonds. The van der Waals surface area contributed by atoms with Crippen molar-refractivity contribution in [3.63, 3.8) is 0 Å². The zero-order valence-corrected chi connectivity index (χ0v) is 16.3. The molecule has 7 heteroatoms. The highest BCUT2D eigenvalue weighted by Gasteiger charge is 2.25. The van der Waals surface area contributed by atoms with Crippen molar-refractivity contribution in [1.29, 1.82) is 0 Å². The van der Waals surface area contributed by atoms with Gasteiger partial charge in [0.1, 0.15) is 5.82 Å². The van der Waals surface area contributed by atoms with Crippen molar-refractivity contribution >= 4 is 11.9 Å². The second-order valence-electron chi connectivity index (χ2n) is 7.49. The Balaban J connectivity index is 1.70. The number of carbonyl (C=O) groups is 2. The SMILES string of the molecule is Cc1nn(-c2ccc(F)cc2)c(C)c1CC(=O)N1CCC[C@H](CCC(=O)O)C1. The Kier molecular flexibility index (Phi) is 6.11. The number of aromatic nitrogens is 2. The van der Waals surface area contributed by atoms with Crippen LogP contribution in [0.5, 0.6) is 0 Å². The lowest BCUT2D eigenvalue weighted by atomic mass is 9.93. The highest BCUT2D eigenvalue weighted by atomic mass is 19.1. The number of likely N-dealkylation sites (tertiary alicyclic amines) is 1. The van der Waals surface area contributed by atoms with Crippen LogP contribution in [0.25, 0.3) is 5.69 Å². The summed E-state index contributed by atoms with van der Waals surface area (Å²) in [6.07, 6.45) is 2.90. The molecule has 1 aromatic carbocycles. The van der Waals surface area contributed by atoms with Crippen LogP contribution >= 0.6 is 0 Å². The number of carboxylic acids is 1. The van der Waals surface area contributed by atoms with Crippen LogP contribution in [0.3, 0.4) is 0 Å². The third-order valence-corrected chi connectivity index (χ3v) is 5.48. The highest BCUT2D eigenvalue weighted by molar-refractivity contribution is 5.79. The predicted molar refractivity (Wildman–Crippen MR) is 103 cm³/mol. The molecule has 0 saturated carbocycles. The third-order valence-electron chi connectivity index (χ3n) is 5.48. The number of rotatable bonds is 6. The lowest BCUT2D eigenvalue weighted by Crippen LogP contribution is -2.41. The number of benzene rings is 1. The van der Waals surface area contributed by atoms with E-state index in [1.54, 1.807) is 16.8 Å². The fraction of sp³-hybridized carbons (Fsp3) is 0.476. The monoisotopic (exact) mass is 387 g/mol. The van der Waals surface area contributed by atoms with Gasteiger partial charge in [0.25, 0.3) is 0 Å². The van der Waals surface area contributed by atoms with Crippen molar-refractivity contribution in [2.45, 2.75) is 46.0 Å². The van der Waals surface area contributed by atoms with E-state index < -0.39 is 5.97 Å². The van der Waals surface area contributed by atoms with Gasteiger partial charge in [-0.3, -0.25) is 9.59 Å². The van der Waals surface area contributed by atoms with Gasteiger partial charge in [0, 0.05) is 30.8 Å². The van der Waals surface area contributed by atoms with Gasteiger partial charge in [-0.05, 0) is 63.3 Å². The molecule has 1 aromatic heterocycles. The van der Waals surface area contributed by atoms with Crippen molar-refractivity contribution in [2.24, 2.45) is 5.92 Å². The number of amides is 1. The van der Waals surface area contributed by atoms with Crippen LogP contribution in [0.4, 0.5) is 4.39 Å².